The van der Waals surface area contributed by atoms with Crippen molar-refractivity contribution in [1.29, 1.82) is 0 Å². The molecule has 0 heterocycles. The zero-order chi connectivity index (χ0) is 8.97. The lowest BCUT2D eigenvalue weighted by Gasteiger charge is -2.10. The normalized spacial score (nSPS) is 20.1. The Labute approximate surface area is 77.2 Å². The molecule has 2 nitrogen and oxygen atoms in total. The Morgan fingerprint density at radius 2 is 1.75 bits per heavy atom. The first-order valence-electron chi connectivity index (χ1n) is 4.32. The first-order valence-corrected chi connectivity index (χ1v) is 4.70. The lowest BCUT2D eigenvalue weighted by atomic mass is 10.00. The zero-order valence-corrected chi connectivity index (χ0v) is 7.73. The van der Waals surface area contributed by atoms with E-state index in [9.17, 15) is 4.79 Å². The number of rotatable bonds is 1. The molecule has 0 spiro atoms. The molecular weight excluding hydrogens is 176 g/mol. The van der Waals surface area contributed by atoms with Crippen molar-refractivity contribution in [1.82, 2.24) is 0 Å². The summed E-state index contributed by atoms with van der Waals surface area (Å²) < 4.78 is 0. The van der Waals surface area contributed by atoms with Crippen LogP contribution in [0.3, 0.4) is 0 Å². The van der Waals surface area contributed by atoms with E-state index < -0.39 is 5.97 Å². The fourth-order valence-electron chi connectivity index (χ4n) is 1.45. The third-order valence-corrected chi connectivity index (χ3v) is 2.58. The van der Waals surface area contributed by atoms with E-state index in [0.717, 1.165) is 25.7 Å². The Bertz CT molecular complexity index is 209. The van der Waals surface area contributed by atoms with Crippen molar-refractivity contribution in [2.24, 2.45) is 0 Å². The van der Waals surface area contributed by atoms with Gasteiger partial charge in [0, 0.05) is 5.03 Å². The number of aliphatic carboxylic acids is 1. The highest BCUT2D eigenvalue weighted by molar-refractivity contribution is 6.31. The van der Waals surface area contributed by atoms with Crippen LogP contribution in [0.5, 0.6) is 0 Å². The Kier molecular flexibility index (Phi) is 3.60. The van der Waals surface area contributed by atoms with Gasteiger partial charge in [-0.15, -0.1) is 0 Å². The van der Waals surface area contributed by atoms with Crippen molar-refractivity contribution < 1.29 is 9.90 Å². The molecule has 0 aromatic heterocycles. The predicted molar refractivity (Wildman–Crippen MR) is 48.2 cm³/mol. The number of halogens is 1. The average Bonchev–Trinajstić information content (AvgIpc) is 1.96. The van der Waals surface area contributed by atoms with Gasteiger partial charge < -0.3 is 5.11 Å². The molecule has 0 unspecified atom stereocenters. The molecule has 3 heteroatoms. The maximum atomic E-state index is 10.7. The second-order valence-electron chi connectivity index (χ2n) is 3.10. The molecule has 12 heavy (non-hydrogen) atoms. The van der Waals surface area contributed by atoms with Gasteiger partial charge in [-0.2, -0.15) is 0 Å². The summed E-state index contributed by atoms with van der Waals surface area (Å²) in [4.78, 5) is 10.7. The second-order valence-corrected chi connectivity index (χ2v) is 3.56. The van der Waals surface area contributed by atoms with Gasteiger partial charge in [0.15, 0.2) is 0 Å². The van der Waals surface area contributed by atoms with Crippen LogP contribution in [0, 0.1) is 0 Å². The first-order chi connectivity index (χ1) is 5.72. The molecule has 0 amide bonds. The summed E-state index contributed by atoms with van der Waals surface area (Å²) in [7, 11) is 0. The Hall–Kier alpha value is -0.500. The van der Waals surface area contributed by atoms with Gasteiger partial charge in [0.25, 0.3) is 0 Å². The third-order valence-electron chi connectivity index (χ3n) is 2.16. The van der Waals surface area contributed by atoms with E-state index in [1.807, 2.05) is 0 Å². The highest BCUT2D eigenvalue weighted by atomic mass is 35.5. The van der Waals surface area contributed by atoms with Crippen LogP contribution < -0.4 is 0 Å². The van der Waals surface area contributed by atoms with Crippen LogP contribution in [0.15, 0.2) is 10.6 Å². The smallest absolute Gasteiger partial charge is 0.332 e. The quantitative estimate of drug-likeness (QED) is 0.687. The van der Waals surface area contributed by atoms with Crippen LogP contribution >= 0.6 is 11.6 Å². The van der Waals surface area contributed by atoms with Gasteiger partial charge in [-0.3, -0.25) is 0 Å². The molecule has 0 atom stereocenters. The lowest BCUT2D eigenvalue weighted by molar-refractivity contribution is -0.132. The van der Waals surface area contributed by atoms with Gasteiger partial charge in [-0.1, -0.05) is 24.4 Å². The SMILES string of the molecule is O=C(O)C1=C(Cl)CCCCCC1. The number of hydrogen-bond donors (Lipinski definition) is 1. The molecule has 0 bridgehead atoms. The van der Waals surface area contributed by atoms with E-state index in [4.69, 9.17) is 16.7 Å². The number of carboxylic acids is 1. The van der Waals surface area contributed by atoms with E-state index in [1.54, 1.807) is 0 Å². The van der Waals surface area contributed by atoms with E-state index in [1.165, 1.54) is 6.42 Å². The largest absolute Gasteiger partial charge is 0.478 e. The van der Waals surface area contributed by atoms with Crippen molar-refractivity contribution in [2.45, 2.75) is 38.5 Å². The molecule has 0 aliphatic heterocycles. The first kappa shape index (κ1) is 9.59. The number of carbonyl (C=O) groups is 1. The van der Waals surface area contributed by atoms with Gasteiger partial charge in [0.2, 0.25) is 0 Å². The second kappa shape index (κ2) is 4.51. The molecule has 0 fully saturated rings. The Balaban J connectivity index is 2.73. The topological polar surface area (TPSA) is 37.3 Å². The van der Waals surface area contributed by atoms with Crippen LogP contribution in [0.25, 0.3) is 0 Å². The number of allylic oxidation sites excluding steroid dienone is 1. The van der Waals surface area contributed by atoms with E-state index >= 15 is 0 Å². The van der Waals surface area contributed by atoms with E-state index in [0.29, 0.717) is 17.0 Å². The third kappa shape index (κ3) is 2.52. The minimum atomic E-state index is -0.845. The molecular formula is C9H13ClO2. The van der Waals surface area contributed by atoms with Crippen molar-refractivity contribution in [3.05, 3.63) is 10.6 Å². The summed E-state index contributed by atoms with van der Waals surface area (Å²) in [5, 5.41) is 9.34. The van der Waals surface area contributed by atoms with Crippen LogP contribution in [0.4, 0.5) is 0 Å². The van der Waals surface area contributed by atoms with Gasteiger partial charge in [-0.05, 0) is 25.7 Å². The van der Waals surface area contributed by atoms with Crippen LogP contribution in [-0.4, -0.2) is 11.1 Å². The lowest BCUT2D eigenvalue weighted by Crippen LogP contribution is -2.04. The van der Waals surface area contributed by atoms with Crippen LogP contribution in [-0.2, 0) is 4.79 Å². The van der Waals surface area contributed by atoms with E-state index in [2.05, 4.69) is 0 Å². The Morgan fingerprint density at radius 1 is 1.17 bits per heavy atom. The molecule has 68 valence electrons. The molecule has 0 aromatic rings. The van der Waals surface area contributed by atoms with Crippen molar-refractivity contribution in [3.8, 4) is 0 Å². The fourth-order valence-corrected chi connectivity index (χ4v) is 1.75. The number of carboxylic acid groups (broad SMARTS) is 1. The molecule has 1 aliphatic rings. The van der Waals surface area contributed by atoms with Crippen LogP contribution in [0.2, 0.25) is 0 Å². The fraction of sp³-hybridized carbons (Fsp3) is 0.667. The molecule has 1 rings (SSSR count). The predicted octanol–water partition coefficient (Wildman–Crippen LogP) is 2.92. The molecule has 0 aromatic carbocycles. The van der Waals surface area contributed by atoms with Crippen LogP contribution in [0.1, 0.15) is 38.5 Å². The summed E-state index contributed by atoms with van der Waals surface area (Å²) in [5.41, 5.74) is 0.427. The summed E-state index contributed by atoms with van der Waals surface area (Å²) in [6, 6.07) is 0. The standard InChI is InChI=1S/C9H13ClO2/c10-8-6-4-2-1-3-5-7(8)9(11)12/h1-6H2,(H,11,12). The molecule has 0 radical (unpaired) electrons. The summed E-state index contributed by atoms with van der Waals surface area (Å²) >= 11 is 5.85. The molecule has 0 saturated carbocycles. The highest BCUT2D eigenvalue weighted by Gasteiger charge is 2.14. The monoisotopic (exact) mass is 188 g/mol. The number of hydrogen-bond acceptors (Lipinski definition) is 1. The summed E-state index contributed by atoms with van der Waals surface area (Å²) in [6.07, 6.45) is 5.65. The van der Waals surface area contributed by atoms with Gasteiger partial charge in [0.05, 0.1) is 5.57 Å². The highest BCUT2D eigenvalue weighted by Crippen LogP contribution is 2.25. The van der Waals surface area contributed by atoms with Crippen molar-refractivity contribution in [3.63, 3.8) is 0 Å². The maximum Gasteiger partial charge on any atom is 0.332 e. The van der Waals surface area contributed by atoms with E-state index in [-0.39, 0.29) is 0 Å². The minimum Gasteiger partial charge on any atom is -0.478 e. The van der Waals surface area contributed by atoms with Gasteiger partial charge >= 0.3 is 5.97 Å². The molecule has 0 saturated heterocycles. The minimum absolute atomic E-state index is 0.427. The van der Waals surface area contributed by atoms with Crippen molar-refractivity contribution >= 4 is 17.6 Å². The average molecular weight is 189 g/mol. The zero-order valence-electron chi connectivity index (χ0n) is 6.98. The van der Waals surface area contributed by atoms with Gasteiger partial charge in [0.1, 0.15) is 0 Å². The Morgan fingerprint density at radius 3 is 2.33 bits per heavy atom. The summed E-state index contributed by atoms with van der Waals surface area (Å²) in [5.74, 6) is -0.845. The van der Waals surface area contributed by atoms with Crippen molar-refractivity contribution in [2.75, 3.05) is 0 Å². The molecule has 1 aliphatic carbocycles. The summed E-state index contributed by atoms with van der Waals surface area (Å²) in [6.45, 7) is 0. The van der Waals surface area contributed by atoms with Gasteiger partial charge in [-0.25, -0.2) is 4.79 Å². The maximum absolute atomic E-state index is 10.7. The molecule has 1 N–H and O–H groups in total.